The minimum absolute atomic E-state index is 0.00174. The second-order valence-corrected chi connectivity index (χ2v) is 13.4. The number of aliphatic carboxylic acids is 1. The maximum Gasteiger partial charge on any atom is 0.305 e. The van der Waals surface area contributed by atoms with Gasteiger partial charge in [-0.25, -0.2) is 0 Å². The molecule has 0 heterocycles. The first-order chi connectivity index (χ1) is 14.9. The van der Waals surface area contributed by atoms with Gasteiger partial charge in [0, 0.05) is 7.11 Å². The first kappa shape index (κ1) is 34.9. The first-order valence-electron chi connectivity index (χ1n) is 12.0. The second kappa shape index (κ2) is 13.8. The Morgan fingerprint density at radius 3 is 1.50 bits per heavy atom. The van der Waals surface area contributed by atoms with Crippen molar-refractivity contribution in [1.82, 2.24) is 5.32 Å². The molecule has 204 valence electrons. The van der Waals surface area contributed by atoms with Crippen LogP contribution < -0.4 is 11.1 Å². The van der Waals surface area contributed by atoms with Gasteiger partial charge in [-0.3, -0.25) is 9.59 Å². The molecule has 2 atom stereocenters. The first-order valence-corrected chi connectivity index (χ1v) is 12.0. The lowest BCUT2D eigenvalue weighted by Gasteiger charge is -2.41. The minimum atomic E-state index is -1.11. The Morgan fingerprint density at radius 2 is 1.24 bits per heavy atom. The van der Waals surface area contributed by atoms with Gasteiger partial charge in [-0.05, 0) is 21.7 Å². The van der Waals surface area contributed by atoms with E-state index < -0.39 is 30.4 Å². The number of ether oxygens (including phenoxy) is 2. The van der Waals surface area contributed by atoms with E-state index in [1.54, 1.807) is 0 Å². The molecule has 0 radical (unpaired) electrons. The van der Waals surface area contributed by atoms with Gasteiger partial charge in [0.25, 0.3) is 0 Å². The van der Waals surface area contributed by atoms with Crippen LogP contribution in [-0.2, 0) is 19.1 Å². The van der Waals surface area contributed by atoms with E-state index >= 15 is 0 Å². The molecule has 0 aliphatic carbocycles. The molecule has 1 unspecified atom stereocenters. The van der Waals surface area contributed by atoms with Gasteiger partial charge >= 0.3 is 5.97 Å². The molecule has 0 spiro atoms. The smallest absolute Gasteiger partial charge is 0.305 e. The van der Waals surface area contributed by atoms with E-state index in [2.05, 4.69) is 88.4 Å². The Labute approximate surface area is 208 Å². The Balaban J connectivity index is 0. The SMILES string of the molecule is CC(C)(C)C(O)C(C)(C)C.COCC(COC(C(C)(C)C)C(C)(C)C)NC(=O)[C@@H](N)CC(=O)O. The summed E-state index contributed by atoms with van der Waals surface area (Å²) in [6, 6.07) is -1.49. The van der Waals surface area contributed by atoms with Gasteiger partial charge in [0.2, 0.25) is 5.91 Å². The van der Waals surface area contributed by atoms with Gasteiger partial charge < -0.3 is 30.7 Å². The van der Waals surface area contributed by atoms with Gasteiger partial charge in [-0.15, -0.1) is 0 Å². The highest BCUT2D eigenvalue weighted by Gasteiger charge is 2.36. The summed E-state index contributed by atoms with van der Waals surface area (Å²) >= 11 is 0. The van der Waals surface area contributed by atoms with Crippen molar-refractivity contribution in [2.45, 2.75) is 114 Å². The van der Waals surface area contributed by atoms with Gasteiger partial charge in [0.15, 0.2) is 0 Å². The summed E-state index contributed by atoms with van der Waals surface area (Å²) in [5, 5.41) is 21.1. The molecule has 0 aromatic carbocycles. The van der Waals surface area contributed by atoms with Crippen LogP contribution in [0.1, 0.15) is 89.5 Å². The summed E-state index contributed by atoms with van der Waals surface area (Å²) in [7, 11) is 1.53. The molecule has 0 fully saturated rings. The van der Waals surface area contributed by atoms with Crippen LogP contribution in [0.3, 0.4) is 0 Å². The molecule has 0 aromatic heterocycles. The number of methoxy groups -OCH3 is 1. The minimum Gasteiger partial charge on any atom is -0.481 e. The standard InChI is InChI=1S/C17H34N2O5.C9H20O/c1-16(2,3)15(17(4,5)6)24-10-11(9-23-7)19-14(22)12(18)8-13(20)21;1-8(2,3)7(10)9(4,5)6/h11-12,15H,8-10,18H2,1-7H3,(H,19,22)(H,20,21);7,10H,1-6H3/t11?,12-;/m0./s1. The average molecular weight is 491 g/mol. The van der Waals surface area contributed by atoms with Crippen LogP contribution in [0.15, 0.2) is 0 Å². The monoisotopic (exact) mass is 490 g/mol. The molecule has 8 nitrogen and oxygen atoms in total. The fourth-order valence-electron chi connectivity index (χ4n) is 4.23. The number of amides is 1. The third-order valence-corrected chi connectivity index (χ3v) is 5.12. The Morgan fingerprint density at radius 1 is 0.824 bits per heavy atom. The molecular formula is C26H54N2O6. The van der Waals surface area contributed by atoms with Crippen molar-refractivity contribution < 1.29 is 29.3 Å². The summed E-state index contributed by atoms with van der Waals surface area (Å²) < 4.78 is 11.2. The van der Waals surface area contributed by atoms with Gasteiger partial charge in [-0.1, -0.05) is 83.1 Å². The van der Waals surface area contributed by atoms with E-state index in [0.717, 1.165) is 0 Å². The molecule has 0 bridgehead atoms. The Hall–Kier alpha value is -1.22. The summed E-state index contributed by atoms with van der Waals surface area (Å²) in [5.41, 5.74) is 5.44. The van der Waals surface area contributed by atoms with Crippen LogP contribution in [0.25, 0.3) is 0 Å². The summed E-state index contributed by atoms with van der Waals surface area (Å²) in [5.74, 6) is -1.64. The molecule has 0 aliphatic rings. The molecule has 8 heteroatoms. The number of aliphatic hydroxyl groups excluding tert-OH is 1. The zero-order valence-electron chi connectivity index (χ0n) is 24.0. The number of hydrogen-bond acceptors (Lipinski definition) is 6. The zero-order chi connectivity index (χ0) is 27.7. The molecule has 0 rings (SSSR count). The molecule has 0 aromatic rings. The highest BCUT2D eigenvalue weighted by atomic mass is 16.5. The van der Waals surface area contributed by atoms with Crippen molar-refractivity contribution in [3.05, 3.63) is 0 Å². The summed E-state index contributed by atoms with van der Waals surface area (Å²) in [6.07, 6.45) is -0.687. The third kappa shape index (κ3) is 14.9. The van der Waals surface area contributed by atoms with E-state index in [9.17, 15) is 14.7 Å². The topological polar surface area (TPSA) is 131 Å². The molecular weight excluding hydrogens is 436 g/mol. The highest BCUT2D eigenvalue weighted by Crippen LogP contribution is 2.36. The molecule has 0 aliphatic heterocycles. The predicted molar refractivity (Wildman–Crippen MR) is 138 cm³/mol. The normalized spacial score (nSPS) is 15.0. The molecule has 0 saturated heterocycles. The summed E-state index contributed by atoms with van der Waals surface area (Å²) in [6.45, 7) is 25.5. The number of nitrogens with two attached hydrogens (primary N) is 1. The van der Waals surface area contributed by atoms with E-state index in [-0.39, 0.29) is 47.1 Å². The van der Waals surface area contributed by atoms with E-state index in [1.807, 2.05) is 0 Å². The number of aliphatic hydroxyl groups is 1. The van der Waals surface area contributed by atoms with E-state index in [1.165, 1.54) is 7.11 Å². The third-order valence-electron chi connectivity index (χ3n) is 5.12. The average Bonchev–Trinajstić information content (AvgIpc) is 2.57. The number of rotatable bonds is 9. The molecule has 5 N–H and O–H groups in total. The number of carboxylic acids is 1. The maximum atomic E-state index is 12.0. The van der Waals surface area contributed by atoms with E-state index in [0.29, 0.717) is 0 Å². The van der Waals surface area contributed by atoms with Crippen molar-refractivity contribution in [2.75, 3.05) is 20.3 Å². The molecule has 0 saturated carbocycles. The van der Waals surface area contributed by atoms with Crippen LogP contribution in [-0.4, -0.2) is 66.7 Å². The number of hydrogen-bond donors (Lipinski definition) is 4. The lowest BCUT2D eigenvalue weighted by molar-refractivity contribution is -0.140. The number of carbonyl (C=O) groups is 2. The van der Waals surface area contributed by atoms with Crippen LogP contribution >= 0.6 is 0 Å². The van der Waals surface area contributed by atoms with Crippen LogP contribution in [0.4, 0.5) is 0 Å². The van der Waals surface area contributed by atoms with Crippen molar-refractivity contribution in [3.63, 3.8) is 0 Å². The second-order valence-electron chi connectivity index (χ2n) is 13.4. The van der Waals surface area contributed by atoms with Gasteiger partial charge in [0.05, 0.1) is 43.9 Å². The van der Waals surface area contributed by atoms with Gasteiger partial charge in [-0.2, -0.15) is 0 Å². The largest absolute Gasteiger partial charge is 0.481 e. The summed E-state index contributed by atoms with van der Waals surface area (Å²) in [4.78, 5) is 22.6. The van der Waals surface area contributed by atoms with Crippen LogP contribution in [0, 0.1) is 21.7 Å². The highest BCUT2D eigenvalue weighted by molar-refractivity contribution is 5.86. The van der Waals surface area contributed by atoms with Crippen molar-refractivity contribution in [1.29, 1.82) is 0 Å². The zero-order valence-corrected chi connectivity index (χ0v) is 24.0. The van der Waals surface area contributed by atoms with E-state index in [4.69, 9.17) is 20.3 Å². The Bertz CT molecular complexity index is 581. The molecule has 1 amide bonds. The molecule has 34 heavy (non-hydrogen) atoms. The van der Waals surface area contributed by atoms with Crippen molar-refractivity contribution in [2.24, 2.45) is 27.4 Å². The maximum absolute atomic E-state index is 12.0. The van der Waals surface area contributed by atoms with Gasteiger partial charge in [0.1, 0.15) is 0 Å². The number of nitrogens with one attached hydrogen (secondary N) is 1. The predicted octanol–water partition coefficient (Wildman–Crippen LogP) is 3.84. The quantitative estimate of drug-likeness (QED) is 0.386. The Kier molecular flexibility index (Phi) is 14.1. The van der Waals surface area contributed by atoms with Crippen molar-refractivity contribution >= 4 is 11.9 Å². The lowest BCUT2D eigenvalue weighted by Crippen LogP contribution is -2.51. The van der Waals surface area contributed by atoms with Crippen LogP contribution in [0.5, 0.6) is 0 Å². The fraction of sp³-hybridized carbons (Fsp3) is 0.923. The van der Waals surface area contributed by atoms with Crippen molar-refractivity contribution in [3.8, 4) is 0 Å². The fourth-order valence-corrected chi connectivity index (χ4v) is 4.23. The van der Waals surface area contributed by atoms with Crippen LogP contribution in [0.2, 0.25) is 0 Å². The number of carboxylic acid groups (broad SMARTS) is 1. The number of carbonyl (C=O) groups excluding carboxylic acids is 1. The lowest BCUT2D eigenvalue weighted by atomic mass is 9.74.